The molecule has 1 fully saturated rings. The van der Waals surface area contributed by atoms with Gasteiger partial charge in [0, 0.05) is 18.4 Å². The number of aromatic nitrogens is 2. The Labute approximate surface area is 164 Å². The molecule has 6 nitrogen and oxygen atoms in total. The van der Waals surface area contributed by atoms with E-state index in [4.69, 9.17) is 4.74 Å². The molecule has 4 rings (SSSR count). The maximum Gasteiger partial charge on any atom is 0.276 e. The first-order valence-corrected chi connectivity index (χ1v) is 9.59. The number of rotatable bonds is 5. The molecule has 1 amide bonds. The van der Waals surface area contributed by atoms with E-state index < -0.39 is 0 Å². The van der Waals surface area contributed by atoms with Gasteiger partial charge < -0.3 is 15.4 Å². The van der Waals surface area contributed by atoms with Crippen molar-refractivity contribution in [1.82, 2.24) is 15.1 Å². The van der Waals surface area contributed by atoms with E-state index in [2.05, 4.69) is 15.7 Å². The molecule has 2 aromatic carbocycles. The summed E-state index contributed by atoms with van der Waals surface area (Å²) in [6, 6.07) is 17.3. The van der Waals surface area contributed by atoms with Gasteiger partial charge in [-0.25, -0.2) is 0 Å². The Hall–Kier alpha value is -3.12. The summed E-state index contributed by atoms with van der Waals surface area (Å²) in [7, 11) is 0. The van der Waals surface area contributed by atoms with Gasteiger partial charge in [0.25, 0.3) is 5.91 Å². The first-order valence-electron chi connectivity index (χ1n) is 9.59. The lowest BCUT2D eigenvalue weighted by Gasteiger charge is -2.22. The van der Waals surface area contributed by atoms with E-state index in [1.165, 1.54) is 0 Å². The van der Waals surface area contributed by atoms with Crippen LogP contribution in [0, 0.1) is 6.92 Å². The number of nitrogens with one attached hydrogen (secondary N) is 2. The second-order valence-electron chi connectivity index (χ2n) is 7.08. The fourth-order valence-electron chi connectivity index (χ4n) is 3.34. The number of carbonyl (C=O) groups is 1. The van der Waals surface area contributed by atoms with Gasteiger partial charge in [-0.3, -0.25) is 9.48 Å². The average Bonchev–Trinajstić information content (AvgIpc) is 3.21. The summed E-state index contributed by atoms with van der Waals surface area (Å²) >= 11 is 0. The Kier molecular flexibility index (Phi) is 5.39. The molecular formula is C22H24N4O2. The fraction of sp³-hybridized carbons (Fsp3) is 0.273. The minimum absolute atomic E-state index is 0.213. The number of anilines is 1. The maximum atomic E-state index is 12.5. The molecule has 2 N–H and O–H groups in total. The van der Waals surface area contributed by atoms with E-state index in [1.54, 1.807) is 6.07 Å². The van der Waals surface area contributed by atoms with Gasteiger partial charge in [-0.15, -0.1) is 0 Å². The average molecular weight is 376 g/mol. The number of carbonyl (C=O) groups excluding carboxylic acids is 1. The van der Waals surface area contributed by atoms with Crippen LogP contribution >= 0.6 is 0 Å². The number of hydrogen-bond acceptors (Lipinski definition) is 4. The standard InChI is InChI=1S/C22H24N4O2/c1-16-4-2-6-20(14-16)28-19-9-7-17(8-10-19)24-22(27)21-11-13-26(25-21)18-5-3-12-23-15-18/h2,4,6-11,13-14,18,23H,3,5,12,15H2,1H3,(H,24,27). The van der Waals surface area contributed by atoms with Gasteiger partial charge in [-0.1, -0.05) is 12.1 Å². The Morgan fingerprint density at radius 1 is 1.18 bits per heavy atom. The smallest absolute Gasteiger partial charge is 0.276 e. The van der Waals surface area contributed by atoms with Crippen molar-refractivity contribution in [2.75, 3.05) is 18.4 Å². The molecule has 0 radical (unpaired) electrons. The Morgan fingerprint density at radius 2 is 2.04 bits per heavy atom. The first-order chi connectivity index (χ1) is 13.7. The summed E-state index contributed by atoms with van der Waals surface area (Å²) in [5.41, 5.74) is 2.27. The Balaban J connectivity index is 1.37. The van der Waals surface area contributed by atoms with E-state index >= 15 is 0 Å². The molecule has 144 valence electrons. The molecule has 1 aliphatic rings. The predicted molar refractivity (Wildman–Crippen MR) is 109 cm³/mol. The Morgan fingerprint density at radius 3 is 2.79 bits per heavy atom. The van der Waals surface area contributed by atoms with Crippen LogP contribution < -0.4 is 15.4 Å². The number of nitrogens with zero attached hydrogens (tertiary/aromatic N) is 2. The topological polar surface area (TPSA) is 68.2 Å². The van der Waals surface area contributed by atoms with Crippen LogP contribution in [0.15, 0.2) is 60.8 Å². The van der Waals surface area contributed by atoms with Crippen LogP contribution in [0.25, 0.3) is 0 Å². The number of piperidine rings is 1. The van der Waals surface area contributed by atoms with Crippen molar-refractivity contribution in [3.05, 3.63) is 72.1 Å². The zero-order chi connectivity index (χ0) is 19.3. The number of amides is 1. The SMILES string of the molecule is Cc1cccc(Oc2ccc(NC(=O)c3ccn(C4CCCNC4)n3)cc2)c1. The predicted octanol–water partition coefficient (Wildman–Crippen LogP) is 4.16. The lowest BCUT2D eigenvalue weighted by molar-refractivity contribution is 0.102. The van der Waals surface area contributed by atoms with Crippen molar-refractivity contribution in [3.8, 4) is 11.5 Å². The second kappa shape index (κ2) is 8.27. The van der Waals surface area contributed by atoms with Crippen molar-refractivity contribution in [1.29, 1.82) is 0 Å². The molecule has 0 spiro atoms. The van der Waals surface area contributed by atoms with Gasteiger partial charge in [0.05, 0.1) is 6.04 Å². The first kappa shape index (κ1) is 18.3. The lowest BCUT2D eigenvalue weighted by Crippen LogP contribution is -2.32. The lowest BCUT2D eigenvalue weighted by atomic mass is 10.1. The third-order valence-corrected chi connectivity index (χ3v) is 4.82. The monoisotopic (exact) mass is 376 g/mol. The third-order valence-electron chi connectivity index (χ3n) is 4.82. The fourth-order valence-corrected chi connectivity index (χ4v) is 3.34. The summed E-state index contributed by atoms with van der Waals surface area (Å²) in [6.07, 6.45) is 4.09. The number of ether oxygens (including phenoxy) is 1. The third kappa shape index (κ3) is 4.40. The van der Waals surface area contributed by atoms with Gasteiger partial charge in [-0.05, 0) is 74.3 Å². The number of hydrogen-bond donors (Lipinski definition) is 2. The van der Waals surface area contributed by atoms with E-state index in [0.717, 1.165) is 43.0 Å². The van der Waals surface area contributed by atoms with Crippen molar-refractivity contribution in [2.45, 2.75) is 25.8 Å². The highest BCUT2D eigenvalue weighted by Crippen LogP contribution is 2.24. The number of benzene rings is 2. The molecule has 0 saturated carbocycles. The molecule has 1 aromatic heterocycles. The Bertz CT molecular complexity index is 943. The van der Waals surface area contributed by atoms with Gasteiger partial charge in [0.1, 0.15) is 11.5 Å². The molecule has 2 heterocycles. The molecule has 28 heavy (non-hydrogen) atoms. The van der Waals surface area contributed by atoms with Crippen LogP contribution in [0.3, 0.4) is 0 Å². The van der Waals surface area contributed by atoms with Crippen LogP contribution in [0.2, 0.25) is 0 Å². The van der Waals surface area contributed by atoms with Gasteiger partial charge in [0.2, 0.25) is 0 Å². The van der Waals surface area contributed by atoms with Crippen molar-refractivity contribution in [3.63, 3.8) is 0 Å². The normalized spacial score (nSPS) is 16.5. The quantitative estimate of drug-likeness (QED) is 0.702. The van der Waals surface area contributed by atoms with E-state index in [9.17, 15) is 4.79 Å². The van der Waals surface area contributed by atoms with Crippen molar-refractivity contribution in [2.24, 2.45) is 0 Å². The summed E-state index contributed by atoms with van der Waals surface area (Å²) in [5, 5.41) is 10.7. The summed E-state index contributed by atoms with van der Waals surface area (Å²) in [5.74, 6) is 1.30. The molecule has 6 heteroatoms. The van der Waals surface area contributed by atoms with Gasteiger partial charge >= 0.3 is 0 Å². The molecule has 1 saturated heterocycles. The molecule has 1 unspecified atom stereocenters. The molecule has 0 bridgehead atoms. The summed E-state index contributed by atoms with van der Waals surface area (Å²) in [4.78, 5) is 12.5. The highest BCUT2D eigenvalue weighted by atomic mass is 16.5. The largest absolute Gasteiger partial charge is 0.457 e. The minimum atomic E-state index is -0.213. The molecule has 1 atom stereocenters. The summed E-state index contributed by atoms with van der Waals surface area (Å²) < 4.78 is 7.73. The second-order valence-corrected chi connectivity index (χ2v) is 7.08. The van der Waals surface area contributed by atoms with Crippen molar-refractivity contribution >= 4 is 11.6 Å². The van der Waals surface area contributed by atoms with E-state index in [0.29, 0.717) is 17.4 Å². The molecule has 0 aliphatic carbocycles. The minimum Gasteiger partial charge on any atom is -0.457 e. The van der Waals surface area contributed by atoms with Crippen LogP contribution in [0.5, 0.6) is 11.5 Å². The zero-order valence-corrected chi connectivity index (χ0v) is 15.9. The van der Waals surface area contributed by atoms with Crippen molar-refractivity contribution < 1.29 is 9.53 Å². The highest BCUT2D eigenvalue weighted by Gasteiger charge is 2.17. The summed E-state index contributed by atoms with van der Waals surface area (Å²) in [6.45, 7) is 3.97. The highest BCUT2D eigenvalue weighted by molar-refractivity contribution is 6.02. The molecular weight excluding hydrogens is 352 g/mol. The molecule has 3 aromatic rings. The number of aryl methyl sites for hydroxylation is 1. The van der Waals surface area contributed by atoms with Crippen LogP contribution in [-0.2, 0) is 0 Å². The van der Waals surface area contributed by atoms with Crippen LogP contribution in [0.4, 0.5) is 5.69 Å². The zero-order valence-electron chi connectivity index (χ0n) is 15.9. The van der Waals surface area contributed by atoms with Crippen LogP contribution in [0.1, 0.15) is 34.9 Å². The molecule has 1 aliphatic heterocycles. The van der Waals surface area contributed by atoms with Gasteiger partial charge in [0.15, 0.2) is 5.69 Å². The van der Waals surface area contributed by atoms with E-state index in [-0.39, 0.29) is 5.91 Å². The van der Waals surface area contributed by atoms with E-state index in [1.807, 2.05) is 66.3 Å². The van der Waals surface area contributed by atoms with Crippen LogP contribution in [-0.4, -0.2) is 28.8 Å². The maximum absolute atomic E-state index is 12.5. The van der Waals surface area contributed by atoms with Gasteiger partial charge in [-0.2, -0.15) is 5.10 Å².